The fourth-order valence-electron chi connectivity index (χ4n) is 8.59. The number of amides is 2. The van der Waals surface area contributed by atoms with Crippen molar-refractivity contribution in [2.45, 2.75) is 76.7 Å². The molecule has 18 nitrogen and oxygen atoms in total. The normalized spacial score (nSPS) is 21.5. The average Bonchev–Trinajstić information content (AvgIpc) is 4.10. The first kappa shape index (κ1) is 40.5. The van der Waals surface area contributed by atoms with Crippen LogP contribution in [-0.4, -0.2) is 97.2 Å². The van der Waals surface area contributed by atoms with Crippen molar-refractivity contribution in [3.8, 4) is 11.5 Å². The summed E-state index contributed by atoms with van der Waals surface area (Å²) in [5.74, 6) is 1.71. The van der Waals surface area contributed by atoms with Crippen molar-refractivity contribution in [3.63, 3.8) is 0 Å². The summed E-state index contributed by atoms with van der Waals surface area (Å²) in [5.41, 5.74) is 3.65. The molecule has 18 heteroatoms. The number of anilines is 2. The number of benzene rings is 2. The molecule has 10 rings (SSSR count). The topological polar surface area (TPSA) is 213 Å². The molecule has 4 N–H and O–H groups in total. The number of rotatable bonds is 8. The second kappa shape index (κ2) is 16.9. The highest BCUT2D eigenvalue weighted by atomic mass is 16.5. The molecule has 2 saturated carbocycles. The number of nitrogens with one attached hydrogen (secondary N) is 2. The smallest absolute Gasteiger partial charge is 0.260 e. The quantitative estimate of drug-likeness (QED) is 0.136. The Kier molecular flexibility index (Phi) is 11.0. The number of carbonyl (C=O) groups excluding carboxylic acids is 2. The lowest BCUT2D eigenvalue weighted by molar-refractivity contribution is 0.0573. The molecule has 0 unspecified atom stereocenters. The lowest BCUT2D eigenvalue weighted by Crippen LogP contribution is -2.28. The van der Waals surface area contributed by atoms with Crippen molar-refractivity contribution in [1.29, 1.82) is 0 Å². The summed E-state index contributed by atoms with van der Waals surface area (Å²) in [5, 5.41) is 45.4. The maximum atomic E-state index is 13.1. The predicted octanol–water partition coefficient (Wildman–Crippen LogP) is 6.12. The first-order valence-electron chi connectivity index (χ1n) is 20.8. The van der Waals surface area contributed by atoms with Gasteiger partial charge in [0.2, 0.25) is 0 Å². The Morgan fingerprint density at radius 2 is 1.10 bits per heavy atom. The molecule has 0 aliphatic heterocycles. The van der Waals surface area contributed by atoms with Gasteiger partial charge >= 0.3 is 0 Å². The van der Waals surface area contributed by atoms with Gasteiger partial charge in [-0.3, -0.25) is 19.0 Å². The molecule has 2 aromatic carbocycles. The number of nitrogens with zero attached hydrogens (tertiary/aromatic N) is 10. The van der Waals surface area contributed by atoms with Gasteiger partial charge in [-0.05, 0) is 86.8 Å². The van der Waals surface area contributed by atoms with Crippen molar-refractivity contribution >= 4 is 56.6 Å². The van der Waals surface area contributed by atoms with Crippen LogP contribution in [0, 0.1) is 11.8 Å². The maximum absolute atomic E-state index is 13.1. The van der Waals surface area contributed by atoms with E-state index in [-0.39, 0.29) is 47.9 Å². The molecule has 0 bridgehead atoms. The van der Waals surface area contributed by atoms with Crippen molar-refractivity contribution in [2.24, 2.45) is 11.8 Å². The van der Waals surface area contributed by atoms with E-state index in [0.29, 0.717) is 45.6 Å². The van der Waals surface area contributed by atoms with Crippen molar-refractivity contribution in [2.75, 3.05) is 24.9 Å². The molecule has 2 aliphatic carbocycles. The molecular formula is C44H48N12O6. The number of hydrogen-bond donors (Lipinski definition) is 4. The van der Waals surface area contributed by atoms with Gasteiger partial charge in [0, 0.05) is 47.7 Å². The van der Waals surface area contributed by atoms with Crippen LogP contribution in [0.3, 0.4) is 0 Å². The Balaban J connectivity index is 0.000000158. The molecular weight excluding hydrogens is 793 g/mol. The zero-order chi connectivity index (χ0) is 43.1. The van der Waals surface area contributed by atoms with Crippen molar-refractivity contribution in [3.05, 3.63) is 96.8 Å². The van der Waals surface area contributed by atoms with Gasteiger partial charge in [-0.15, -0.1) is 0 Å². The van der Waals surface area contributed by atoms with Crippen LogP contribution >= 0.6 is 0 Å². The second-order valence-corrected chi connectivity index (χ2v) is 16.2. The third-order valence-electron chi connectivity index (χ3n) is 12.2. The molecule has 320 valence electrons. The third-order valence-corrected chi connectivity index (χ3v) is 12.2. The number of aliphatic hydroxyl groups excluding tert-OH is 2. The van der Waals surface area contributed by atoms with E-state index in [1.54, 1.807) is 70.2 Å². The van der Waals surface area contributed by atoms with Crippen molar-refractivity contribution < 1.29 is 29.3 Å². The highest BCUT2D eigenvalue weighted by molar-refractivity contribution is 6.09. The summed E-state index contributed by atoms with van der Waals surface area (Å²) >= 11 is 0. The summed E-state index contributed by atoms with van der Waals surface area (Å²) in [6, 6.07) is 14.8. The molecule has 2 amide bonds. The molecule has 0 saturated heterocycles. The largest absolute Gasteiger partial charge is 0.496 e. The van der Waals surface area contributed by atoms with E-state index in [0.717, 1.165) is 60.3 Å². The van der Waals surface area contributed by atoms with Crippen LogP contribution in [0.4, 0.5) is 11.6 Å². The molecule has 6 aromatic heterocycles. The van der Waals surface area contributed by atoms with E-state index >= 15 is 0 Å². The summed E-state index contributed by atoms with van der Waals surface area (Å²) < 4.78 is 18.0. The van der Waals surface area contributed by atoms with Gasteiger partial charge in [0.25, 0.3) is 11.8 Å². The Morgan fingerprint density at radius 3 is 1.50 bits per heavy atom. The van der Waals surface area contributed by atoms with Crippen LogP contribution in [0.1, 0.15) is 85.2 Å². The lowest BCUT2D eigenvalue weighted by atomic mass is 9.85. The van der Waals surface area contributed by atoms with E-state index in [9.17, 15) is 19.8 Å². The Bertz CT molecular complexity index is 2720. The minimum Gasteiger partial charge on any atom is -0.496 e. The van der Waals surface area contributed by atoms with Gasteiger partial charge in [0.1, 0.15) is 11.5 Å². The van der Waals surface area contributed by atoms with E-state index < -0.39 is 0 Å². The maximum Gasteiger partial charge on any atom is 0.260 e. The van der Waals surface area contributed by atoms with E-state index in [1.165, 1.54) is 14.2 Å². The van der Waals surface area contributed by atoms with Crippen LogP contribution in [0.15, 0.2) is 85.7 Å². The summed E-state index contributed by atoms with van der Waals surface area (Å²) in [6.45, 7) is 4.14. The van der Waals surface area contributed by atoms with Crippen molar-refractivity contribution in [1.82, 2.24) is 48.8 Å². The van der Waals surface area contributed by atoms with Gasteiger partial charge < -0.3 is 30.3 Å². The van der Waals surface area contributed by atoms with Crippen LogP contribution in [0.2, 0.25) is 0 Å². The van der Waals surface area contributed by atoms with Crippen LogP contribution in [-0.2, 0) is 0 Å². The third kappa shape index (κ3) is 7.89. The zero-order valence-corrected chi connectivity index (χ0v) is 34.8. The first-order chi connectivity index (χ1) is 30.1. The number of imidazole rings is 2. The number of aromatic nitrogens is 10. The summed E-state index contributed by atoms with van der Waals surface area (Å²) in [6.07, 6.45) is 14.9. The molecule has 6 atom stereocenters. The SMILES string of the molecule is COc1cc2nn([C@H]3CC[C@H](O)[C@H](C)C3)cc2cc1C(=O)Nc1cnc2cccnn12.COc1cc2nn([C@H]3CC[C@H](O)[C@H](C)C3)cc2cc1C(=O)Nc1cnc2cccnn12. The highest BCUT2D eigenvalue weighted by Crippen LogP contribution is 2.36. The Morgan fingerprint density at radius 1 is 0.661 bits per heavy atom. The molecule has 8 aromatic rings. The number of ether oxygens (including phenoxy) is 2. The standard InChI is InChI=1S/2C22H24N6O3/c2*1-13-8-15(5-6-18(13)29)27-12-14-9-16(19(31-2)10-17(14)26-27)22(30)25-21-11-23-20-4-3-7-24-28(20)21/h2*3-4,7,9-13,15,18,29H,5-6,8H2,1-2H3,(H,25,30)/t2*13-,15+,18+/m11/s1. The fraction of sp³-hybridized carbons (Fsp3) is 0.364. The number of hydrogen-bond acceptors (Lipinski definition) is 12. The number of aliphatic hydroxyl groups is 2. The molecule has 2 fully saturated rings. The Labute approximate surface area is 355 Å². The highest BCUT2D eigenvalue weighted by Gasteiger charge is 2.29. The monoisotopic (exact) mass is 840 g/mol. The zero-order valence-electron chi connectivity index (χ0n) is 34.8. The molecule has 0 radical (unpaired) electrons. The fourth-order valence-corrected chi connectivity index (χ4v) is 8.59. The van der Waals surface area contributed by atoms with E-state index in [1.807, 2.05) is 33.9 Å². The lowest BCUT2D eigenvalue weighted by Gasteiger charge is -2.31. The minimum atomic E-state index is -0.312. The van der Waals surface area contributed by atoms with Crippen LogP contribution < -0.4 is 20.1 Å². The number of methoxy groups -OCH3 is 2. The summed E-state index contributed by atoms with van der Waals surface area (Å²) in [4.78, 5) is 34.6. The van der Waals surface area contributed by atoms with Gasteiger partial charge in [-0.1, -0.05) is 13.8 Å². The van der Waals surface area contributed by atoms with Gasteiger partial charge in [0.15, 0.2) is 22.9 Å². The van der Waals surface area contributed by atoms with Crippen LogP contribution in [0.25, 0.3) is 33.1 Å². The molecule has 2 aliphatic rings. The molecule has 62 heavy (non-hydrogen) atoms. The van der Waals surface area contributed by atoms with E-state index in [4.69, 9.17) is 19.7 Å². The average molecular weight is 841 g/mol. The molecule has 0 spiro atoms. The first-order valence-corrected chi connectivity index (χ1v) is 20.8. The van der Waals surface area contributed by atoms with Gasteiger partial charge in [-0.2, -0.15) is 29.4 Å². The Hall–Kier alpha value is -6.92. The molecule has 6 heterocycles. The minimum absolute atomic E-state index is 0.235. The van der Waals surface area contributed by atoms with Gasteiger partial charge in [0.05, 0.1) is 73.1 Å². The summed E-state index contributed by atoms with van der Waals surface area (Å²) in [7, 11) is 3.07. The van der Waals surface area contributed by atoms with Gasteiger partial charge in [-0.25, -0.2) is 9.97 Å². The predicted molar refractivity (Wildman–Crippen MR) is 231 cm³/mol. The number of carbonyl (C=O) groups is 2. The number of fused-ring (bicyclic) bond motifs is 4. The van der Waals surface area contributed by atoms with Crippen LogP contribution in [0.5, 0.6) is 11.5 Å². The van der Waals surface area contributed by atoms with E-state index in [2.05, 4.69) is 44.6 Å². The second-order valence-electron chi connectivity index (χ2n) is 16.2.